The molecule has 166 valence electrons. The van der Waals surface area contributed by atoms with Crippen molar-refractivity contribution in [2.45, 2.75) is 5.60 Å². The number of aromatic nitrogens is 2. The Balaban J connectivity index is 2.06. The van der Waals surface area contributed by atoms with Gasteiger partial charge in [0.15, 0.2) is 0 Å². The summed E-state index contributed by atoms with van der Waals surface area (Å²) in [6.07, 6.45) is 3.67. The number of aliphatic imine (C=N–C) groups is 1. The van der Waals surface area contributed by atoms with Crippen LogP contribution in [-0.4, -0.2) is 20.3 Å². The number of aliphatic hydroxyl groups is 1. The Morgan fingerprint density at radius 3 is 2.36 bits per heavy atom. The van der Waals surface area contributed by atoms with Gasteiger partial charge in [0.1, 0.15) is 12.4 Å². The molecule has 0 saturated carbocycles. The number of imidazole rings is 1. The van der Waals surface area contributed by atoms with Crippen molar-refractivity contribution in [2.75, 3.05) is 0 Å². The van der Waals surface area contributed by atoms with Crippen molar-refractivity contribution >= 4 is 28.7 Å². The van der Waals surface area contributed by atoms with Crippen molar-refractivity contribution < 1.29 is 14.6 Å². The molecule has 8 heteroatoms. The first kappa shape index (κ1) is 22.4. The quantitative estimate of drug-likeness (QED) is 0.199. The largest absolute Gasteiger partial charge is 0.369 e. The van der Waals surface area contributed by atoms with Gasteiger partial charge in [-0.1, -0.05) is 41.9 Å². The third-order valence-corrected chi connectivity index (χ3v) is 5.67. The molecule has 0 bridgehead atoms. The highest BCUT2D eigenvalue weighted by Crippen LogP contribution is 2.35. The number of non-ortho nitro benzene ring substituents is 1. The predicted molar refractivity (Wildman–Crippen MR) is 127 cm³/mol. The third-order valence-electron chi connectivity index (χ3n) is 5.44. The van der Waals surface area contributed by atoms with Crippen LogP contribution in [0.3, 0.4) is 0 Å². The number of para-hydroxylation sites is 1. The molecule has 0 amide bonds. The molecule has 1 heterocycles. The second kappa shape index (κ2) is 8.97. The molecule has 0 radical (unpaired) electrons. The number of halogens is 1. The number of rotatable bonds is 6. The second-order valence-corrected chi connectivity index (χ2v) is 8.10. The molecule has 1 N–H and O–H groups in total. The first-order chi connectivity index (χ1) is 15.8. The zero-order chi connectivity index (χ0) is 23.6. The van der Waals surface area contributed by atoms with Crippen LogP contribution in [0.4, 0.5) is 11.4 Å². The summed E-state index contributed by atoms with van der Waals surface area (Å²) in [5.41, 5.74) is 0.206. The van der Waals surface area contributed by atoms with Gasteiger partial charge < -0.3 is 5.11 Å². The van der Waals surface area contributed by atoms with E-state index in [1.54, 1.807) is 36.4 Å². The molecule has 3 aromatic carbocycles. The molecule has 0 spiro atoms. The summed E-state index contributed by atoms with van der Waals surface area (Å²) in [5, 5.41) is 24.2. The third kappa shape index (κ3) is 4.28. The maximum atomic E-state index is 12.5. The van der Waals surface area contributed by atoms with Crippen LogP contribution >= 0.6 is 11.6 Å². The van der Waals surface area contributed by atoms with E-state index >= 15 is 0 Å². The lowest BCUT2D eigenvalue weighted by atomic mass is 9.83. The van der Waals surface area contributed by atoms with Gasteiger partial charge in [-0.2, -0.15) is 0 Å². The number of nitrogens with zero attached hydrogens (tertiary/aromatic N) is 4. The number of hydrogen-bond acceptors (Lipinski definition) is 4. The van der Waals surface area contributed by atoms with Crippen LogP contribution in [0, 0.1) is 10.1 Å². The molecule has 4 aromatic rings. The number of aryl methyl sites for hydroxylation is 2. The maximum absolute atomic E-state index is 12.5. The van der Waals surface area contributed by atoms with Gasteiger partial charge in [0, 0.05) is 28.3 Å². The lowest BCUT2D eigenvalue weighted by Gasteiger charge is -2.28. The van der Waals surface area contributed by atoms with Crippen molar-refractivity contribution in [1.82, 2.24) is 4.57 Å². The average molecular weight is 462 g/mol. The number of benzene rings is 3. The zero-order valence-corrected chi connectivity index (χ0v) is 18.8. The molecular weight excluding hydrogens is 440 g/mol. The van der Waals surface area contributed by atoms with E-state index in [1.165, 1.54) is 12.1 Å². The lowest BCUT2D eigenvalue weighted by Crippen LogP contribution is -2.49. The second-order valence-electron chi connectivity index (χ2n) is 7.66. The predicted octanol–water partition coefficient (Wildman–Crippen LogP) is 4.47. The Hall–Kier alpha value is -3.81. The summed E-state index contributed by atoms with van der Waals surface area (Å²) in [7, 11) is 3.67. The topological polar surface area (TPSA) is 84.5 Å². The van der Waals surface area contributed by atoms with Gasteiger partial charge in [-0.05, 0) is 36.4 Å². The van der Waals surface area contributed by atoms with Crippen molar-refractivity contribution in [3.05, 3.63) is 123 Å². The maximum Gasteiger partial charge on any atom is 0.299 e. The highest BCUT2D eigenvalue weighted by molar-refractivity contribution is 6.30. The summed E-state index contributed by atoms with van der Waals surface area (Å²) in [5.74, 6) is 0.540. The van der Waals surface area contributed by atoms with Gasteiger partial charge >= 0.3 is 0 Å². The van der Waals surface area contributed by atoms with Gasteiger partial charge in [0.25, 0.3) is 11.5 Å². The minimum absolute atomic E-state index is 0.0477. The molecule has 0 aliphatic carbocycles. The molecule has 33 heavy (non-hydrogen) atoms. The molecular formula is C25H22ClN4O3+. The lowest BCUT2D eigenvalue weighted by molar-refractivity contribution is -0.683. The van der Waals surface area contributed by atoms with E-state index in [0.29, 0.717) is 33.4 Å². The van der Waals surface area contributed by atoms with Gasteiger partial charge in [-0.15, -0.1) is 0 Å². The van der Waals surface area contributed by atoms with E-state index in [2.05, 4.69) is 0 Å². The Kier molecular flexibility index (Phi) is 6.09. The molecule has 0 aliphatic rings. The van der Waals surface area contributed by atoms with E-state index in [4.69, 9.17) is 16.6 Å². The van der Waals surface area contributed by atoms with Gasteiger partial charge in [0.05, 0.1) is 30.4 Å². The van der Waals surface area contributed by atoms with Crippen LogP contribution in [0.2, 0.25) is 5.02 Å². The van der Waals surface area contributed by atoms with E-state index in [1.807, 2.05) is 66.0 Å². The highest BCUT2D eigenvalue weighted by Gasteiger charge is 2.47. The smallest absolute Gasteiger partial charge is 0.299 e. The molecule has 4 rings (SSSR count). The SMILES string of the molecule is Cn1cc[n+](C)c1C(O)(C(=Nc1ccccc1)c1ccc([N+](=O)[O-])cc1)c1cccc(Cl)c1. The highest BCUT2D eigenvalue weighted by atomic mass is 35.5. The first-order valence-electron chi connectivity index (χ1n) is 10.2. The zero-order valence-electron chi connectivity index (χ0n) is 18.1. The Bertz CT molecular complexity index is 1310. The molecule has 7 nitrogen and oxygen atoms in total. The van der Waals surface area contributed by atoms with E-state index < -0.39 is 10.5 Å². The van der Waals surface area contributed by atoms with Crippen molar-refractivity contribution in [2.24, 2.45) is 19.1 Å². The van der Waals surface area contributed by atoms with Gasteiger partial charge in [0.2, 0.25) is 5.60 Å². The van der Waals surface area contributed by atoms with Crippen LogP contribution in [-0.2, 0) is 19.7 Å². The average Bonchev–Trinajstić information content (AvgIpc) is 3.16. The number of nitro benzene ring substituents is 1. The van der Waals surface area contributed by atoms with Crippen LogP contribution in [0.1, 0.15) is 17.0 Å². The minimum Gasteiger partial charge on any atom is -0.369 e. The minimum atomic E-state index is -1.73. The summed E-state index contributed by atoms with van der Waals surface area (Å²) in [6, 6.07) is 22.2. The van der Waals surface area contributed by atoms with Gasteiger partial charge in [-0.3, -0.25) is 10.1 Å². The van der Waals surface area contributed by atoms with Crippen LogP contribution in [0.25, 0.3) is 0 Å². The fourth-order valence-corrected chi connectivity index (χ4v) is 4.10. The Morgan fingerprint density at radius 2 is 1.79 bits per heavy atom. The normalized spacial score (nSPS) is 13.5. The van der Waals surface area contributed by atoms with Crippen molar-refractivity contribution in [3.63, 3.8) is 0 Å². The Morgan fingerprint density at radius 1 is 1.09 bits per heavy atom. The molecule has 0 fully saturated rings. The Labute approximate surface area is 196 Å². The standard InChI is InChI=1S/C25H22ClN4O3/c1-28-15-16-29(2)24(28)25(31,19-7-6-8-20(26)17-19)23(27-21-9-4-3-5-10-21)18-11-13-22(14-12-18)30(32)33/h3-17,31H,1-2H3/q+1. The van der Waals surface area contributed by atoms with Crippen LogP contribution < -0.4 is 4.57 Å². The van der Waals surface area contributed by atoms with E-state index in [0.717, 1.165) is 0 Å². The van der Waals surface area contributed by atoms with Crippen LogP contribution in [0.5, 0.6) is 0 Å². The van der Waals surface area contributed by atoms with Crippen molar-refractivity contribution in [3.8, 4) is 0 Å². The molecule has 0 saturated heterocycles. The first-order valence-corrected chi connectivity index (χ1v) is 10.6. The molecule has 1 aromatic heterocycles. The summed E-state index contributed by atoms with van der Waals surface area (Å²) in [4.78, 5) is 15.6. The fourth-order valence-electron chi connectivity index (χ4n) is 3.91. The molecule has 1 atom stereocenters. The van der Waals surface area contributed by atoms with Crippen molar-refractivity contribution in [1.29, 1.82) is 0 Å². The molecule has 1 unspecified atom stereocenters. The fraction of sp³-hybridized carbons (Fsp3) is 0.120. The number of nitro groups is 1. The monoisotopic (exact) mass is 461 g/mol. The van der Waals surface area contributed by atoms with E-state index in [9.17, 15) is 15.2 Å². The van der Waals surface area contributed by atoms with Gasteiger partial charge in [-0.25, -0.2) is 14.1 Å². The number of hydrogen-bond donors (Lipinski definition) is 1. The molecule has 0 aliphatic heterocycles. The summed E-state index contributed by atoms with van der Waals surface area (Å²) in [6.45, 7) is 0. The summed E-state index contributed by atoms with van der Waals surface area (Å²) >= 11 is 6.32. The summed E-state index contributed by atoms with van der Waals surface area (Å²) < 4.78 is 3.62. The van der Waals surface area contributed by atoms with E-state index in [-0.39, 0.29) is 5.69 Å². The van der Waals surface area contributed by atoms with Crippen LogP contribution in [0.15, 0.2) is 96.2 Å².